The van der Waals surface area contributed by atoms with Gasteiger partial charge in [-0.2, -0.15) is 5.26 Å². The van der Waals surface area contributed by atoms with Gasteiger partial charge in [0.15, 0.2) is 5.70 Å². The number of esters is 1. The second-order valence-electron chi connectivity index (χ2n) is 5.74. The Morgan fingerprint density at radius 3 is 2.65 bits per heavy atom. The number of carbonyl (C=O) groups is 1. The van der Waals surface area contributed by atoms with E-state index in [1.165, 1.54) is 0 Å². The number of hydrogen-bond acceptors (Lipinski definition) is 5. The van der Waals surface area contributed by atoms with E-state index in [2.05, 4.69) is 11.1 Å². The number of carbonyl (C=O) groups excluding carboxylic acids is 1. The van der Waals surface area contributed by atoms with Gasteiger partial charge in [-0.15, -0.1) is 0 Å². The Morgan fingerprint density at radius 2 is 1.96 bits per heavy atom. The normalized spacial score (nSPS) is 14.7. The predicted octanol–water partition coefficient (Wildman–Crippen LogP) is 4.03. The average molecular weight is 366 g/mol. The summed E-state index contributed by atoms with van der Waals surface area (Å²) in [4.78, 5) is 18.3. The summed E-state index contributed by atoms with van der Waals surface area (Å²) in [5.74, 6) is -0.296. The first-order chi connectivity index (χ1) is 12.6. The maximum absolute atomic E-state index is 12.1. The molecule has 1 heterocycles. The van der Waals surface area contributed by atoms with E-state index in [0.717, 1.165) is 11.3 Å². The van der Waals surface area contributed by atoms with Crippen LogP contribution in [-0.2, 0) is 9.53 Å². The van der Waals surface area contributed by atoms with Crippen LogP contribution >= 0.6 is 11.6 Å². The number of anilines is 1. The van der Waals surface area contributed by atoms with Crippen LogP contribution < -0.4 is 4.90 Å². The standard InChI is InChI=1S/C20H16ClN3O2/c1-24(12-4-11-22)15-9-7-14(8-10-15)13-18-20(25)26-19(23-18)16-5-2-3-6-17(16)21/h2-3,5-10,13H,4,12H2,1H3/b18-13-. The number of hydrogen-bond donors (Lipinski definition) is 0. The Kier molecular flexibility index (Phi) is 5.35. The van der Waals surface area contributed by atoms with Gasteiger partial charge in [0.25, 0.3) is 0 Å². The smallest absolute Gasteiger partial charge is 0.363 e. The van der Waals surface area contributed by atoms with E-state index in [0.29, 0.717) is 23.6 Å². The van der Waals surface area contributed by atoms with Crippen molar-refractivity contribution >= 4 is 35.2 Å². The summed E-state index contributed by atoms with van der Waals surface area (Å²) >= 11 is 6.13. The van der Waals surface area contributed by atoms with Crippen molar-refractivity contribution in [2.75, 3.05) is 18.5 Å². The summed E-state index contributed by atoms with van der Waals surface area (Å²) in [7, 11) is 1.93. The number of nitriles is 1. The molecule has 3 rings (SSSR count). The first-order valence-corrected chi connectivity index (χ1v) is 8.42. The van der Waals surface area contributed by atoms with Crippen LogP contribution in [0.2, 0.25) is 5.02 Å². The topological polar surface area (TPSA) is 65.7 Å². The number of aliphatic imine (C=N–C) groups is 1. The molecule has 5 nitrogen and oxygen atoms in total. The molecule has 0 bridgehead atoms. The Morgan fingerprint density at radius 1 is 1.23 bits per heavy atom. The molecule has 1 aliphatic rings. The van der Waals surface area contributed by atoms with Gasteiger partial charge in [-0.25, -0.2) is 9.79 Å². The quantitative estimate of drug-likeness (QED) is 0.592. The summed E-state index contributed by atoms with van der Waals surface area (Å²) < 4.78 is 5.24. The molecule has 0 saturated heterocycles. The Labute approximate surface area is 156 Å². The summed E-state index contributed by atoms with van der Waals surface area (Å²) in [6.45, 7) is 0.661. The highest BCUT2D eigenvalue weighted by Crippen LogP contribution is 2.24. The van der Waals surface area contributed by atoms with Gasteiger partial charge in [-0.3, -0.25) is 0 Å². The molecule has 2 aromatic rings. The minimum atomic E-state index is -0.505. The van der Waals surface area contributed by atoms with Crippen LogP contribution in [0.15, 0.2) is 59.2 Å². The van der Waals surface area contributed by atoms with Crippen LogP contribution in [0.1, 0.15) is 17.5 Å². The number of halogens is 1. The molecule has 0 unspecified atom stereocenters. The zero-order valence-electron chi connectivity index (χ0n) is 14.1. The van der Waals surface area contributed by atoms with Crippen molar-refractivity contribution < 1.29 is 9.53 Å². The number of benzene rings is 2. The number of ether oxygens (including phenoxy) is 1. The summed E-state index contributed by atoms with van der Waals surface area (Å²) in [5.41, 5.74) is 2.64. The lowest BCUT2D eigenvalue weighted by atomic mass is 10.1. The van der Waals surface area contributed by atoms with E-state index in [1.54, 1.807) is 30.3 Å². The van der Waals surface area contributed by atoms with Crippen LogP contribution in [0.25, 0.3) is 6.08 Å². The van der Waals surface area contributed by atoms with Crippen LogP contribution in [0.3, 0.4) is 0 Å². The van der Waals surface area contributed by atoms with E-state index in [1.807, 2.05) is 36.2 Å². The van der Waals surface area contributed by atoms with Crippen molar-refractivity contribution in [3.05, 3.63) is 70.4 Å². The first kappa shape index (κ1) is 17.7. The Bertz CT molecular complexity index is 927. The van der Waals surface area contributed by atoms with Crippen molar-refractivity contribution in [2.45, 2.75) is 6.42 Å². The average Bonchev–Trinajstić information content (AvgIpc) is 3.01. The van der Waals surface area contributed by atoms with E-state index < -0.39 is 5.97 Å². The third-order valence-corrected chi connectivity index (χ3v) is 4.25. The van der Waals surface area contributed by atoms with Gasteiger partial charge in [0, 0.05) is 19.3 Å². The summed E-state index contributed by atoms with van der Waals surface area (Å²) in [6, 6.07) is 16.9. The van der Waals surface area contributed by atoms with E-state index >= 15 is 0 Å². The molecule has 0 amide bonds. The van der Waals surface area contributed by atoms with Gasteiger partial charge in [-0.05, 0) is 35.9 Å². The molecular formula is C20H16ClN3O2. The van der Waals surface area contributed by atoms with E-state index in [9.17, 15) is 4.79 Å². The first-order valence-electron chi connectivity index (χ1n) is 8.04. The third kappa shape index (κ3) is 3.93. The SMILES string of the molecule is CN(CCC#N)c1ccc(/C=C2\N=C(c3ccccc3Cl)OC2=O)cc1. The number of cyclic esters (lactones) is 1. The molecule has 0 N–H and O–H groups in total. The lowest BCUT2D eigenvalue weighted by Crippen LogP contribution is -2.17. The van der Waals surface area contributed by atoms with Crippen LogP contribution in [-0.4, -0.2) is 25.5 Å². The lowest BCUT2D eigenvalue weighted by molar-refractivity contribution is -0.129. The van der Waals surface area contributed by atoms with Gasteiger partial charge < -0.3 is 9.64 Å². The highest BCUT2D eigenvalue weighted by molar-refractivity contribution is 6.34. The molecule has 0 saturated carbocycles. The van der Waals surface area contributed by atoms with E-state index in [4.69, 9.17) is 21.6 Å². The zero-order chi connectivity index (χ0) is 18.5. The maximum atomic E-state index is 12.1. The monoisotopic (exact) mass is 365 g/mol. The molecule has 2 aromatic carbocycles. The number of rotatable bonds is 5. The van der Waals surface area contributed by atoms with Crippen molar-refractivity contribution in [3.63, 3.8) is 0 Å². The Hall–Kier alpha value is -3.10. The molecule has 1 aliphatic heterocycles. The highest BCUT2D eigenvalue weighted by atomic mass is 35.5. The lowest BCUT2D eigenvalue weighted by Gasteiger charge is -2.17. The second kappa shape index (κ2) is 7.85. The van der Waals surface area contributed by atoms with Crippen molar-refractivity contribution in [1.82, 2.24) is 0 Å². The molecular weight excluding hydrogens is 350 g/mol. The molecule has 0 radical (unpaired) electrons. The van der Waals surface area contributed by atoms with Gasteiger partial charge in [0.1, 0.15) is 0 Å². The summed E-state index contributed by atoms with van der Waals surface area (Å²) in [6.07, 6.45) is 2.14. The van der Waals surface area contributed by atoms with Crippen LogP contribution in [0, 0.1) is 11.3 Å². The number of nitrogens with zero attached hydrogens (tertiary/aromatic N) is 3. The summed E-state index contributed by atoms with van der Waals surface area (Å²) in [5, 5.41) is 9.14. The fraction of sp³-hybridized carbons (Fsp3) is 0.150. The molecule has 130 valence electrons. The van der Waals surface area contributed by atoms with Crippen LogP contribution in [0.5, 0.6) is 0 Å². The van der Waals surface area contributed by atoms with Crippen molar-refractivity contribution in [3.8, 4) is 6.07 Å². The van der Waals surface area contributed by atoms with Crippen LogP contribution in [0.4, 0.5) is 5.69 Å². The fourth-order valence-electron chi connectivity index (χ4n) is 2.49. The minimum Gasteiger partial charge on any atom is -0.402 e. The van der Waals surface area contributed by atoms with E-state index in [-0.39, 0.29) is 11.6 Å². The second-order valence-corrected chi connectivity index (χ2v) is 6.14. The third-order valence-electron chi connectivity index (χ3n) is 3.92. The predicted molar refractivity (Wildman–Crippen MR) is 102 cm³/mol. The zero-order valence-corrected chi connectivity index (χ0v) is 14.9. The van der Waals surface area contributed by atoms with Gasteiger partial charge >= 0.3 is 5.97 Å². The van der Waals surface area contributed by atoms with Crippen molar-refractivity contribution in [1.29, 1.82) is 5.26 Å². The largest absolute Gasteiger partial charge is 0.402 e. The molecule has 0 aliphatic carbocycles. The van der Waals surface area contributed by atoms with Gasteiger partial charge in [0.05, 0.1) is 23.1 Å². The molecule has 0 fully saturated rings. The molecule has 0 spiro atoms. The molecule has 0 aromatic heterocycles. The molecule has 0 atom stereocenters. The fourth-order valence-corrected chi connectivity index (χ4v) is 2.71. The molecule has 26 heavy (non-hydrogen) atoms. The molecule has 6 heteroatoms. The maximum Gasteiger partial charge on any atom is 0.363 e. The van der Waals surface area contributed by atoms with Crippen molar-refractivity contribution in [2.24, 2.45) is 4.99 Å². The highest BCUT2D eigenvalue weighted by Gasteiger charge is 2.25. The Balaban J connectivity index is 1.80. The van der Waals surface area contributed by atoms with Gasteiger partial charge in [-0.1, -0.05) is 35.9 Å². The van der Waals surface area contributed by atoms with Gasteiger partial charge in [0.2, 0.25) is 5.90 Å². The minimum absolute atomic E-state index is 0.208.